The highest BCUT2D eigenvalue weighted by molar-refractivity contribution is 7.99. The lowest BCUT2D eigenvalue weighted by Gasteiger charge is -2.15. The third-order valence-corrected chi connectivity index (χ3v) is 3.02. The van der Waals surface area contributed by atoms with Crippen molar-refractivity contribution in [3.63, 3.8) is 0 Å². The van der Waals surface area contributed by atoms with Gasteiger partial charge in [-0.1, -0.05) is 18.2 Å². The number of rotatable bonds is 5. The molecule has 0 spiro atoms. The predicted octanol–water partition coefficient (Wildman–Crippen LogP) is 0.459. The fourth-order valence-corrected chi connectivity index (χ4v) is 1.91. The molecular weight excluding hydrogens is 198 g/mol. The van der Waals surface area contributed by atoms with Crippen molar-refractivity contribution in [1.82, 2.24) is 0 Å². The van der Waals surface area contributed by atoms with Crippen molar-refractivity contribution in [1.29, 1.82) is 0 Å². The summed E-state index contributed by atoms with van der Waals surface area (Å²) in [6.07, 6.45) is -0.828. The number of hydrogen-bond donors (Lipinski definition) is 3. The maximum absolute atomic E-state index is 9.22. The minimum Gasteiger partial charge on any atom is -0.394 e. The van der Waals surface area contributed by atoms with E-state index in [4.69, 9.17) is 10.8 Å². The van der Waals surface area contributed by atoms with Crippen LogP contribution in [-0.4, -0.2) is 34.7 Å². The van der Waals surface area contributed by atoms with E-state index in [-0.39, 0.29) is 12.6 Å². The lowest BCUT2D eigenvalue weighted by atomic mass is 10.2. The summed E-state index contributed by atoms with van der Waals surface area (Å²) >= 11 is 1.58. The van der Waals surface area contributed by atoms with Gasteiger partial charge >= 0.3 is 0 Å². The van der Waals surface area contributed by atoms with Crippen LogP contribution < -0.4 is 5.73 Å². The van der Waals surface area contributed by atoms with E-state index in [9.17, 15) is 5.11 Å². The van der Waals surface area contributed by atoms with E-state index in [1.807, 2.05) is 30.3 Å². The topological polar surface area (TPSA) is 66.5 Å². The summed E-state index contributed by atoms with van der Waals surface area (Å²) < 4.78 is 0. The fourth-order valence-electron chi connectivity index (χ4n) is 0.956. The number of aliphatic hydroxyl groups excluding tert-OH is 2. The Morgan fingerprint density at radius 3 is 2.50 bits per heavy atom. The molecule has 0 aliphatic carbocycles. The van der Waals surface area contributed by atoms with Crippen LogP contribution in [-0.2, 0) is 0 Å². The predicted molar refractivity (Wildman–Crippen MR) is 58.2 cm³/mol. The molecule has 0 radical (unpaired) electrons. The minimum atomic E-state index is -0.828. The van der Waals surface area contributed by atoms with Gasteiger partial charge in [-0.15, -0.1) is 11.8 Å². The Hall–Kier alpha value is -0.550. The molecule has 3 nitrogen and oxygen atoms in total. The van der Waals surface area contributed by atoms with Gasteiger partial charge in [0.15, 0.2) is 0 Å². The quantitative estimate of drug-likeness (QED) is 0.622. The number of thioether (sulfide) groups is 1. The van der Waals surface area contributed by atoms with E-state index >= 15 is 0 Å². The van der Waals surface area contributed by atoms with Gasteiger partial charge in [-0.25, -0.2) is 0 Å². The molecule has 0 aliphatic heterocycles. The first-order valence-corrected chi connectivity index (χ1v) is 5.45. The van der Waals surface area contributed by atoms with Gasteiger partial charge in [-0.3, -0.25) is 0 Å². The molecule has 14 heavy (non-hydrogen) atoms. The Kier molecular flexibility index (Phi) is 4.97. The van der Waals surface area contributed by atoms with Crippen LogP contribution in [0.2, 0.25) is 0 Å². The first-order chi connectivity index (χ1) is 6.74. The van der Waals surface area contributed by atoms with Gasteiger partial charge in [0, 0.05) is 16.7 Å². The fraction of sp³-hybridized carbons (Fsp3) is 0.400. The molecule has 2 atom stereocenters. The Balaban J connectivity index is 2.34. The highest BCUT2D eigenvalue weighted by Crippen LogP contribution is 2.17. The molecule has 1 aromatic rings. The van der Waals surface area contributed by atoms with E-state index in [1.54, 1.807) is 11.8 Å². The zero-order valence-corrected chi connectivity index (χ0v) is 8.65. The average molecular weight is 213 g/mol. The number of benzene rings is 1. The van der Waals surface area contributed by atoms with Crippen LogP contribution in [0.3, 0.4) is 0 Å². The average Bonchev–Trinajstić information content (AvgIpc) is 2.26. The van der Waals surface area contributed by atoms with Gasteiger partial charge in [-0.2, -0.15) is 0 Å². The van der Waals surface area contributed by atoms with Crippen molar-refractivity contribution in [3.05, 3.63) is 30.3 Å². The number of nitrogens with two attached hydrogens (primary N) is 1. The molecule has 0 bridgehead atoms. The monoisotopic (exact) mass is 213 g/mol. The molecule has 0 saturated heterocycles. The summed E-state index contributed by atoms with van der Waals surface area (Å²) in [5, 5.41) is 17.9. The molecule has 0 fully saturated rings. The smallest absolute Gasteiger partial charge is 0.0929 e. The van der Waals surface area contributed by atoms with Crippen LogP contribution in [0.4, 0.5) is 0 Å². The van der Waals surface area contributed by atoms with Crippen LogP contribution in [0, 0.1) is 0 Å². The van der Waals surface area contributed by atoms with E-state index in [0.29, 0.717) is 5.75 Å². The van der Waals surface area contributed by atoms with Crippen LogP contribution in [0.1, 0.15) is 0 Å². The molecule has 78 valence electrons. The van der Waals surface area contributed by atoms with E-state index in [1.165, 1.54) is 0 Å². The van der Waals surface area contributed by atoms with Gasteiger partial charge in [-0.05, 0) is 12.1 Å². The van der Waals surface area contributed by atoms with Crippen molar-refractivity contribution in [2.24, 2.45) is 5.73 Å². The summed E-state index contributed by atoms with van der Waals surface area (Å²) in [6.45, 7) is -0.281. The highest BCUT2D eigenvalue weighted by atomic mass is 32.2. The second kappa shape index (κ2) is 6.03. The van der Waals surface area contributed by atoms with Gasteiger partial charge in [0.05, 0.1) is 12.7 Å². The second-order valence-corrected chi connectivity index (χ2v) is 4.13. The SMILES string of the molecule is N[C@@H](CSc1ccccc1)[C@@H](O)CO. The summed E-state index contributed by atoms with van der Waals surface area (Å²) in [7, 11) is 0. The van der Waals surface area contributed by atoms with Crippen molar-refractivity contribution in [3.8, 4) is 0 Å². The Labute approximate surface area is 87.9 Å². The highest BCUT2D eigenvalue weighted by Gasteiger charge is 2.13. The first-order valence-electron chi connectivity index (χ1n) is 4.46. The summed E-state index contributed by atoms with van der Waals surface area (Å²) in [4.78, 5) is 1.12. The minimum absolute atomic E-state index is 0.281. The lowest BCUT2D eigenvalue weighted by molar-refractivity contribution is 0.0800. The summed E-state index contributed by atoms with van der Waals surface area (Å²) in [5.41, 5.74) is 5.64. The molecule has 0 unspecified atom stereocenters. The maximum Gasteiger partial charge on any atom is 0.0929 e. The zero-order chi connectivity index (χ0) is 10.4. The standard InChI is InChI=1S/C10H15NO2S/c11-9(10(13)6-12)7-14-8-4-2-1-3-5-8/h1-5,9-10,12-13H,6-7,11H2/t9-,10-/m0/s1. The first kappa shape index (κ1) is 11.5. The second-order valence-electron chi connectivity index (χ2n) is 3.04. The molecule has 0 heterocycles. The van der Waals surface area contributed by atoms with Crippen LogP contribution in [0.25, 0.3) is 0 Å². The lowest BCUT2D eigenvalue weighted by Crippen LogP contribution is -2.39. The molecule has 4 N–H and O–H groups in total. The molecule has 0 amide bonds. The zero-order valence-electron chi connectivity index (χ0n) is 7.84. The molecule has 0 saturated carbocycles. The molecule has 0 aliphatic rings. The van der Waals surface area contributed by atoms with Crippen molar-refractivity contribution in [2.75, 3.05) is 12.4 Å². The summed E-state index contributed by atoms with van der Waals surface area (Å²) in [6, 6.07) is 9.45. The molecule has 0 aromatic heterocycles. The Bertz CT molecular complexity index is 256. The van der Waals surface area contributed by atoms with Crippen LogP contribution >= 0.6 is 11.8 Å². The van der Waals surface area contributed by atoms with Gasteiger partial charge in [0.2, 0.25) is 0 Å². The molecule has 4 heteroatoms. The normalized spacial score (nSPS) is 15.1. The summed E-state index contributed by atoms with van der Waals surface area (Å²) in [5.74, 6) is 0.603. The molecule has 1 rings (SSSR count). The Morgan fingerprint density at radius 1 is 1.29 bits per heavy atom. The van der Waals surface area contributed by atoms with Crippen LogP contribution in [0.15, 0.2) is 35.2 Å². The third-order valence-electron chi connectivity index (χ3n) is 1.87. The molecular formula is C10H15NO2S. The van der Waals surface area contributed by atoms with Crippen molar-refractivity contribution < 1.29 is 10.2 Å². The Morgan fingerprint density at radius 2 is 1.93 bits per heavy atom. The largest absolute Gasteiger partial charge is 0.394 e. The molecule has 1 aromatic carbocycles. The number of aliphatic hydroxyl groups is 2. The van der Waals surface area contributed by atoms with E-state index in [2.05, 4.69) is 0 Å². The maximum atomic E-state index is 9.22. The van der Waals surface area contributed by atoms with Crippen LogP contribution in [0.5, 0.6) is 0 Å². The van der Waals surface area contributed by atoms with E-state index < -0.39 is 6.10 Å². The van der Waals surface area contributed by atoms with Gasteiger partial charge in [0.25, 0.3) is 0 Å². The van der Waals surface area contributed by atoms with Gasteiger partial charge in [0.1, 0.15) is 0 Å². The third kappa shape index (κ3) is 3.67. The van der Waals surface area contributed by atoms with Crippen molar-refractivity contribution >= 4 is 11.8 Å². The van der Waals surface area contributed by atoms with Crippen molar-refractivity contribution in [2.45, 2.75) is 17.0 Å². The van der Waals surface area contributed by atoms with E-state index in [0.717, 1.165) is 4.90 Å². The number of hydrogen-bond acceptors (Lipinski definition) is 4. The van der Waals surface area contributed by atoms with Gasteiger partial charge < -0.3 is 15.9 Å².